The van der Waals surface area contributed by atoms with E-state index in [4.69, 9.17) is 32.7 Å². The van der Waals surface area contributed by atoms with Gasteiger partial charge in [0.25, 0.3) is 0 Å². The average Bonchev–Trinajstić information content (AvgIpc) is 2.50. The normalized spacial score (nSPS) is 13.1. The van der Waals surface area contributed by atoms with Gasteiger partial charge in [-0.3, -0.25) is 0 Å². The number of benzene rings is 2. The van der Waals surface area contributed by atoms with Crippen molar-refractivity contribution in [3.63, 3.8) is 0 Å². The van der Waals surface area contributed by atoms with Gasteiger partial charge in [0.05, 0.1) is 10.0 Å². The van der Waals surface area contributed by atoms with Crippen LogP contribution in [0.25, 0.3) is 0 Å². The van der Waals surface area contributed by atoms with Crippen LogP contribution >= 0.6 is 23.2 Å². The van der Waals surface area contributed by atoms with Crippen LogP contribution in [0.3, 0.4) is 0 Å². The van der Waals surface area contributed by atoms with E-state index >= 15 is 0 Å². The highest BCUT2D eigenvalue weighted by atomic mass is 35.5. The molecule has 0 aromatic heterocycles. The van der Waals surface area contributed by atoms with Crippen LogP contribution in [-0.2, 0) is 6.54 Å². The summed E-state index contributed by atoms with van der Waals surface area (Å²) in [6.45, 7) is 1.65. The Morgan fingerprint density at radius 3 is 2.38 bits per heavy atom. The van der Waals surface area contributed by atoms with Gasteiger partial charge < -0.3 is 14.8 Å². The second-order valence-electron chi connectivity index (χ2n) is 4.59. The Hall–Kier alpha value is -1.65. The van der Waals surface area contributed by atoms with Crippen molar-refractivity contribution in [3.05, 3.63) is 51.8 Å². The van der Waals surface area contributed by atoms with Crippen molar-refractivity contribution >= 4 is 28.9 Å². The lowest BCUT2D eigenvalue weighted by Gasteiger charge is -2.19. The standard InChI is InChI=1S/C15H12Cl2FNO2/c16-11-6-10(7-12(17)15(11)18)19-8-9-1-2-13-14(5-9)21-4-3-20-13/h1-2,5-7,19H,3-4,8H2. The van der Waals surface area contributed by atoms with Crippen molar-refractivity contribution in [2.24, 2.45) is 0 Å². The molecule has 2 aromatic rings. The first kappa shape index (κ1) is 14.3. The summed E-state index contributed by atoms with van der Waals surface area (Å²) in [5.41, 5.74) is 1.66. The number of halogens is 3. The first-order valence-electron chi connectivity index (χ1n) is 6.40. The van der Waals surface area contributed by atoms with Crippen LogP contribution in [-0.4, -0.2) is 13.2 Å². The monoisotopic (exact) mass is 327 g/mol. The molecular weight excluding hydrogens is 316 g/mol. The first-order valence-corrected chi connectivity index (χ1v) is 7.16. The first-order chi connectivity index (χ1) is 10.1. The number of hydrogen-bond donors (Lipinski definition) is 1. The van der Waals surface area contributed by atoms with Crippen molar-refractivity contribution in [2.75, 3.05) is 18.5 Å². The van der Waals surface area contributed by atoms with Crippen LogP contribution in [0.15, 0.2) is 30.3 Å². The minimum atomic E-state index is -0.608. The van der Waals surface area contributed by atoms with Gasteiger partial charge in [0.2, 0.25) is 0 Å². The Kier molecular flexibility index (Phi) is 4.08. The second-order valence-corrected chi connectivity index (χ2v) is 5.40. The van der Waals surface area contributed by atoms with E-state index < -0.39 is 5.82 Å². The molecule has 1 aliphatic rings. The van der Waals surface area contributed by atoms with Crippen LogP contribution < -0.4 is 14.8 Å². The van der Waals surface area contributed by atoms with Crippen LogP contribution in [0.5, 0.6) is 11.5 Å². The Bertz CT molecular complexity index is 656. The molecule has 0 aliphatic carbocycles. The molecule has 6 heteroatoms. The number of ether oxygens (including phenoxy) is 2. The predicted octanol–water partition coefficient (Wildman–Crippen LogP) is 4.52. The Labute approximate surface area is 131 Å². The van der Waals surface area contributed by atoms with Crippen LogP contribution in [0.1, 0.15) is 5.56 Å². The molecule has 0 unspecified atom stereocenters. The van der Waals surface area contributed by atoms with E-state index in [9.17, 15) is 4.39 Å². The second kappa shape index (κ2) is 6.00. The van der Waals surface area contributed by atoms with Gasteiger partial charge in [0.15, 0.2) is 17.3 Å². The van der Waals surface area contributed by atoms with Crippen LogP contribution in [0.2, 0.25) is 10.0 Å². The maximum Gasteiger partial charge on any atom is 0.161 e. The van der Waals surface area contributed by atoms with Crippen LogP contribution in [0, 0.1) is 5.82 Å². The van der Waals surface area contributed by atoms with E-state index in [0.29, 0.717) is 25.4 Å². The summed E-state index contributed by atoms with van der Waals surface area (Å²) in [6, 6.07) is 8.72. The fourth-order valence-electron chi connectivity index (χ4n) is 2.06. The largest absolute Gasteiger partial charge is 0.486 e. The fraction of sp³-hybridized carbons (Fsp3) is 0.200. The third kappa shape index (κ3) is 3.17. The molecule has 110 valence electrons. The zero-order valence-corrected chi connectivity index (χ0v) is 12.5. The number of anilines is 1. The fourth-order valence-corrected chi connectivity index (χ4v) is 2.55. The molecule has 0 spiro atoms. The lowest BCUT2D eigenvalue weighted by molar-refractivity contribution is 0.171. The van der Waals surface area contributed by atoms with E-state index in [1.807, 2.05) is 18.2 Å². The van der Waals surface area contributed by atoms with E-state index in [1.54, 1.807) is 0 Å². The quantitative estimate of drug-likeness (QED) is 0.841. The number of fused-ring (bicyclic) bond motifs is 1. The minimum absolute atomic E-state index is 0.00725. The summed E-state index contributed by atoms with van der Waals surface area (Å²) in [5, 5.41) is 3.13. The summed E-state index contributed by atoms with van der Waals surface area (Å²) in [6.07, 6.45) is 0. The summed E-state index contributed by atoms with van der Waals surface area (Å²) >= 11 is 11.5. The molecule has 0 bridgehead atoms. The van der Waals surface area contributed by atoms with Gasteiger partial charge in [-0.25, -0.2) is 4.39 Å². The molecule has 1 heterocycles. The summed E-state index contributed by atoms with van der Waals surface area (Å²) < 4.78 is 24.3. The number of hydrogen-bond acceptors (Lipinski definition) is 3. The summed E-state index contributed by atoms with van der Waals surface area (Å²) in [4.78, 5) is 0. The van der Waals surface area contributed by atoms with E-state index in [0.717, 1.165) is 17.1 Å². The van der Waals surface area contributed by atoms with Crippen molar-refractivity contribution in [1.29, 1.82) is 0 Å². The van der Waals surface area contributed by atoms with Crippen molar-refractivity contribution in [2.45, 2.75) is 6.54 Å². The summed E-state index contributed by atoms with van der Waals surface area (Å²) in [7, 11) is 0. The Morgan fingerprint density at radius 2 is 1.67 bits per heavy atom. The number of rotatable bonds is 3. The van der Waals surface area contributed by atoms with Gasteiger partial charge in [-0.05, 0) is 29.8 Å². The summed E-state index contributed by atoms with van der Waals surface area (Å²) in [5.74, 6) is 0.872. The minimum Gasteiger partial charge on any atom is -0.486 e. The average molecular weight is 328 g/mol. The molecule has 0 atom stereocenters. The highest BCUT2D eigenvalue weighted by molar-refractivity contribution is 6.35. The van der Waals surface area contributed by atoms with E-state index in [1.165, 1.54) is 12.1 Å². The maximum absolute atomic E-state index is 13.3. The Balaban J connectivity index is 1.73. The molecule has 0 amide bonds. The van der Waals surface area contributed by atoms with Crippen LogP contribution in [0.4, 0.5) is 10.1 Å². The molecular formula is C15H12Cl2FNO2. The van der Waals surface area contributed by atoms with Crippen molar-refractivity contribution in [3.8, 4) is 11.5 Å². The van der Waals surface area contributed by atoms with Gasteiger partial charge >= 0.3 is 0 Å². The maximum atomic E-state index is 13.3. The molecule has 0 saturated carbocycles. The van der Waals surface area contributed by atoms with Gasteiger partial charge in [-0.2, -0.15) is 0 Å². The zero-order valence-electron chi connectivity index (χ0n) is 11.0. The SMILES string of the molecule is Fc1c(Cl)cc(NCc2ccc3c(c2)OCCO3)cc1Cl. The highest BCUT2D eigenvalue weighted by Crippen LogP contribution is 2.31. The molecule has 0 fully saturated rings. The Morgan fingerprint density at radius 1 is 1.00 bits per heavy atom. The molecule has 21 heavy (non-hydrogen) atoms. The highest BCUT2D eigenvalue weighted by Gasteiger charge is 2.12. The number of nitrogens with one attached hydrogen (secondary N) is 1. The third-order valence-corrected chi connectivity index (χ3v) is 3.64. The molecule has 1 N–H and O–H groups in total. The molecule has 3 rings (SSSR count). The lowest BCUT2D eigenvalue weighted by Crippen LogP contribution is -2.15. The van der Waals surface area contributed by atoms with Gasteiger partial charge in [-0.15, -0.1) is 0 Å². The van der Waals surface area contributed by atoms with Gasteiger partial charge in [-0.1, -0.05) is 29.3 Å². The topological polar surface area (TPSA) is 30.5 Å². The van der Waals surface area contributed by atoms with Crippen molar-refractivity contribution in [1.82, 2.24) is 0 Å². The molecule has 0 radical (unpaired) electrons. The molecule has 1 aliphatic heterocycles. The van der Waals surface area contributed by atoms with Gasteiger partial charge in [0, 0.05) is 12.2 Å². The predicted molar refractivity (Wildman–Crippen MR) is 81.2 cm³/mol. The smallest absolute Gasteiger partial charge is 0.161 e. The van der Waals surface area contributed by atoms with Gasteiger partial charge in [0.1, 0.15) is 13.2 Å². The lowest BCUT2D eigenvalue weighted by atomic mass is 10.2. The molecule has 3 nitrogen and oxygen atoms in total. The van der Waals surface area contributed by atoms with E-state index in [2.05, 4.69) is 5.32 Å². The molecule has 2 aromatic carbocycles. The van der Waals surface area contributed by atoms with E-state index in [-0.39, 0.29) is 10.0 Å². The third-order valence-electron chi connectivity index (χ3n) is 3.09. The molecule has 0 saturated heterocycles. The van der Waals surface area contributed by atoms with Crippen molar-refractivity contribution < 1.29 is 13.9 Å². The zero-order chi connectivity index (χ0) is 14.8.